The molecule has 0 heterocycles. The van der Waals surface area contributed by atoms with Crippen LogP contribution in [-0.2, 0) is 9.73 Å². The van der Waals surface area contributed by atoms with Crippen molar-refractivity contribution in [3.63, 3.8) is 0 Å². The van der Waals surface area contributed by atoms with Gasteiger partial charge in [-0.15, -0.1) is 0 Å². The van der Waals surface area contributed by atoms with Crippen LogP contribution in [0, 0.1) is 10.7 Å². The maximum atomic E-state index is 11.1. The molecule has 4 heteroatoms. The number of hydrogen-bond donors (Lipinski definition) is 2. The first kappa shape index (κ1) is 9.99. The maximum Gasteiger partial charge on any atom is 0.0691 e. The lowest BCUT2D eigenvalue weighted by atomic mass is 10.0. The van der Waals surface area contributed by atoms with Crippen molar-refractivity contribution in [2.75, 3.05) is 12.0 Å². The largest absolute Gasteiger partial charge is 0.392 e. The van der Waals surface area contributed by atoms with Gasteiger partial charge < -0.3 is 5.11 Å². The Morgan fingerprint density at radius 1 is 1.58 bits per heavy atom. The fraction of sp³-hybridized carbons (Fsp3) is 1.00. The molecule has 0 aromatic heterocycles. The Kier molecular flexibility index (Phi) is 3.12. The van der Waals surface area contributed by atoms with Gasteiger partial charge in [0.1, 0.15) is 0 Å². The Balaban J connectivity index is 2.42. The summed E-state index contributed by atoms with van der Waals surface area (Å²) in [5.74, 6) is 0.452. The molecule has 2 N–H and O–H groups in total. The van der Waals surface area contributed by atoms with E-state index in [2.05, 4.69) is 0 Å². The van der Waals surface area contributed by atoms with E-state index in [9.17, 15) is 9.32 Å². The van der Waals surface area contributed by atoms with Gasteiger partial charge in [0.25, 0.3) is 0 Å². The second kappa shape index (κ2) is 3.75. The third kappa shape index (κ3) is 3.11. The van der Waals surface area contributed by atoms with Crippen LogP contribution in [0.25, 0.3) is 0 Å². The molecule has 72 valence electrons. The third-order valence-corrected chi connectivity index (χ3v) is 3.41. The van der Waals surface area contributed by atoms with Gasteiger partial charge in [-0.25, -0.2) is 0 Å². The van der Waals surface area contributed by atoms with Crippen LogP contribution in [0.1, 0.15) is 25.7 Å². The molecule has 3 nitrogen and oxygen atoms in total. The molecule has 1 aliphatic rings. The lowest BCUT2D eigenvalue weighted by Crippen LogP contribution is -2.26. The van der Waals surface area contributed by atoms with Crippen LogP contribution in [0.4, 0.5) is 0 Å². The molecule has 0 spiro atoms. The molecule has 0 radical (unpaired) electrons. The number of rotatable bonds is 3. The molecule has 0 saturated heterocycles. The van der Waals surface area contributed by atoms with E-state index in [-0.39, 0.29) is 5.75 Å². The van der Waals surface area contributed by atoms with E-state index in [1.54, 1.807) is 0 Å². The van der Waals surface area contributed by atoms with Gasteiger partial charge in [-0.1, -0.05) is 12.8 Å². The molecule has 1 fully saturated rings. The first-order valence-electron chi connectivity index (χ1n) is 4.38. The van der Waals surface area contributed by atoms with Crippen molar-refractivity contribution < 1.29 is 9.32 Å². The van der Waals surface area contributed by atoms with Gasteiger partial charge in [-0.3, -0.25) is 8.99 Å². The third-order valence-electron chi connectivity index (χ3n) is 2.43. The molecule has 1 aliphatic carbocycles. The molecule has 2 atom stereocenters. The van der Waals surface area contributed by atoms with Crippen molar-refractivity contribution in [3.05, 3.63) is 0 Å². The van der Waals surface area contributed by atoms with E-state index < -0.39 is 15.8 Å². The number of aliphatic hydroxyl groups is 1. The molecule has 0 amide bonds. The second-order valence-electron chi connectivity index (χ2n) is 3.78. The predicted octanol–water partition coefficient (Wildman–Crippen LogP) is 1.21. The van der Waals surface area contributed by atoms with Crippen molar-refractivity contribution in [2.45, 2.75) is 31.8 Å². The van der Waals surface area contributed by atoms with E-state index in [0.29, 0.717) is 5.92 Å². The minimum atomic E-state index is -2.51. The lowest BCUT2D eigenvalue weighted by Gasteiger charge is -2.16. The van der Waals surface area contributed by atoms with Gasteiger partial charge in [-0.2, -0.15) is 0 Å². The quantitative estimate of drug-likeness (QED) is 0.704. The van der Waals surface area contributed by atoms with Gasteiger partial charge in [0.2, 0.25) is 0 Å². The van der Waals surface area contributed by atoms with Crippen molar-refractivity contribution in [2.24, 2.45) is 5.92 Å². The van der Waals surface area contributed by atoms with Gasteiger partial charge in [-0.05, 0) is 18.8 Å². The molecule has 0 aliphatic heterocycles. The highest BCUT2D eigenvalue weighted by atomic mass is 32.2. The zero-order chi connectivity index (χ0) is 9.19. The van der Waals surface area contributed by atoms with Crippen LogP contribution in [0.15, 0.2) is 0 Å². The molecular weight excluding hydrogens is 174 g/mol. The zero-order valence-electron chi connectivity index (χ0n) is 7.45. The van der Waals surface area contributed by atoms with Gasteiger partial charge >= 0.3 is 0 Å². The summed E-state index contributed by atoms with van der Waals surface area (Å²) in [7, 11) is -2.51. The van der Waals surface area contributed by atoms with Crippen molar-refractivity contribution in [1.82, 2.24) is 0 Å². The fourth-order valence-electron chi connectivity index (χ4n) is 1.80. The Morgan fingerprint density at radius 2 is 2.08 bits per heavy atom. The molecule has 1 rings (SSSR count). The van der Waals surface area contributed by atoms with Crippen LogP contribution < -0.4 is 0 Å². The Morgan fingerprint density at radius 3 is 2.50 bits per heavy atom. The molecule has 0 aromatic carbocycles. The van der Waals surface area contributed by atoms with Crippen molar-refractivity contribution in [1.29, 1.82) is 4.78 Å². The zero-order valence-corrected chi connectivity index (χ0v) is 8.27. The lowest BCUT2D eigenvalue weighted by molar-refractivity contribution is 0.132. The summed E-state index contributed by atoms with van der Waals surface area (Å²) >= 11 is 0. The molecular formula is C8H17NO2S. The summed E-state index contributed by atoms with van der Waals surface area (Å²) in [6, 6.07) is 0. The summed E-state index contributed by atoms with van der Waals surface area (Å²) in [6.07, 6.45) is 5.30. The molecule has 1 unspecified atom stereocenters. The summed E-state index contributed by atoms with van der Waals surface area (Å²) in [6.45, 7) is 0. The SMILES string of the molecule is CS(=N)(=O)C[C@@H](O)C1CCCC1. The van der Waals surface area contributed by atoms with Gasteiger partial charge in [0, 0.05) is 16.0 Å². The van der Waals surface area contributed by atoms with Crippen molar-refractivity contribution >= 4 is 9.73 Å². The highest BCUT2D eigenvalue weighted by Gasteiger charge is 2.24. The highest BCUT2D eigenvalue weighted by Crippen LogP contribution is 2.28. The van der Waals surface area contributed by atoms with E-state index in [1.807, 2.05) is 0 Å². The average molecular weight is 191 g/mol. The highest BCUT2D eigenvalue weighted by molar-refractivity contribution is 7.91. The predicted molar refractivity (Wildman–Crippen MR) is 49.6 cm³/mol. The summed E-state index contributed by atoms with van der Waals surface area (Å²) in [5.41, 5.74) is 0. The minimum Gasteiger partial charge on any atom is -0.392 e. The number of aliphatic hydroxyl groups excluding tert-OH is 1. The minimum absolute atomic E-state index is 0.150. The summed E-state index contributed by atoms with van der Waals surface area (Å²) in [4.78, 5) is 0. The number of nitrogens with one attached hydrogen (secondary N) is 1. The molecule has 0 aromatic rings. The van der Waals surface area contributed by atoms with Crippen LogP contribution in [0.3, 0.4) is 0 Å². The monoisotopic (exact) mass is 191 g/mol. The summed E-state index contributed by atoms with van der Waals surface area (Å²) < 4.78 is 18.3. The second-order valence-corrected chi connectivity index (χ2v) is 6.13. The Labute approximate surface area is 74.2 Å². The topological polar surface area (TPSA) is 61.2 Å². The molecule has 0 bridgehead atoms. The van der Waals surface area contributed by atoms with Crippen molar-refractivity contribution in [3.8, 4) is 0 Å². The smallest absolute Gasteiger partial charge is 0.0691 e. The first-order valence-corrected chi connectivity index (χ1v) is 6.52. The summed E-state index contributed by atoms with van der Waals surface area (Å²) in [5, 5.41) is 9.59. The van der Waals surface area contributed by atoms with Crippen LogP contribution in [0.5, 0.6) is 0 Å². The normalized spacial score (nSPS) is 26.8. The van der Waals surface area contributed by atoms with Gasteiger partial charge in [0.05, 0.1) is 11.9 Å². The maximum absolute atomic E-state index is 11.1. The number of hydrogen-bond acceptors (Lipinski definition) is 3. The van der Waals surface area contributed by atoms with Crippen LogP contribution in [-0.4, -0.2) is 27.4 Å². The average Bonchev–Trinajstić information content (AvgIpc) is 2.32. The van der Waals surface area contributed by atoms with Crippen LogP contribution >= 0.6 is 0 Å². The Hall–Kier alpha value is -0.0900. The van der Waals surface area contributed by atoms with E-state index >= 15 is 0 Å². The van der Waals surface area contributed by atoms with Crippen LogP contribution in [0.2, 0.25) is 0 Å². The Bertz CT molecular complexity index is 229. The first-order chi connectivity index (χ1) is 5.49. The van der Waals surface area contributed by atoms with E-state index in [0.717, 1.165) is 12.8 Å². The fourth-order valence-corrected chi connectivity index (χ4v) is 2.73. The van der Waals surface area contributed by atoms with Gasteiger partial charge in [0.15, 0.2) is 0 Å². The molecule has 1 saturated carbocycles. The standard InChI is InChI=1S/C8H17NO2S/c1-12(9,11)6-8(10)7-4-2-3-5-7/h7-10H,2-6H2,1H3/t8-,12?/m1/s1. The van der Waals surface area contributed by atoms with E-state index in [1.165, 1.54) is 19.1 Å². The molecule has 12 heavy (non-hydrogen) atoms. The van der Waals surface area contributed by atoms with E-state index in [4.69, 9.17) is 4.78 Å².